The number of rotatable bonds is 6. The van der Waals surface area contributed by atoms with Crippen LogP contribution in [0.15, 0.2) is 53.4 Å². The van der Waals surface area contributed by atoms with Gasteiger partial charge in [-0.3, -0.25) is 0 Å². The maximum absolute atomic E-state index is 12.7. The molecule has 0 radical (unpaired) electrons. The van der Waals surface area contributed by atoms with Crippen LogP contribution in [0.5, 0.6) is 0 Å². The van der Waals surface area contributed by atoms with Crippen molar-refractivity contribution in [3.8, 4) is 0 Å². The molecule has 0 spiro atoms. The van der Waals surface area contributed by atoms with Crippen molar-refractivity contribution in [1.82, 2.24) is 4.90 Å². The normalized spacial score (nSPS) is 17.0. The highest BCUT2D eigenvalue weighted by atomic mass is 32.2. The van der Waals surface area contributed by atoms with Crippen LogP contribution in [-0.4, -0.2) is 34.4 Å². The fraction of sp³-hybridized carbons (Fsp3) is 0.458. The molecular weight excluding hydrogens is 380 g/mol. The number of anilines is 1. The second-order valence-corrected chi connectivity index (χ2v) is 9.44. The quantitative estimate of drug-likeness (QED) is 0.584. The van der Waals surface area contributed by atoms with Gasteiger partial charge in [-0.1, -0.05) is 44.2 Å². The second-order valence-electron chi connectivity index (χ2n) is 7.92. The van der Waals surface area contributed by atoms with E-state index in [4.69, 9.17) is 0 Å². The summed E-state index contributed by atoms with van der Waals surface area (Å²) in [6.45, 7) is 7.80. The smallest absolute Gasteiger partial charge is 0.321 e. The van der Waals surface area contributed by atoms with Crippen molar-refractivity contribution in [2.75, 3.05) is 18.4 Å². The van der Waals surface area contributed by atoms with Crippen molar-refractivity contribution >= 4 is 23.5 Å². The van der Waals surface area contributed by atoms with E-state index in [2.05, 4.69) is 31.3 Å². The molecule has 1 aliphatic rings. The van der Waals surface area contributed by atoms with E-state index in [-0.39, 0.29) is 11.9 Å². The Hall–Kier alpha value is -1.98. The minimum atomic E-state index is -0.459. The molecule has 5 heteroatoms. The van der Waals surface area contributed by atoms with Crippen molar-refractivity contribution in [2.24, 2.45) is 5.92 Å². The zero-order valence-electron chi connectivity index (χ0n) is 17.6. The molecule has 3 rings (SSSR count). The van der Waals surface area contributed by atoms with E-state index in [9.17, 15) is 9.90 Å². The number of nitrogens with one attached hydrogen (secondary N) is 1. The van der Waals surface area contributed by atoms with E-state index in [0.29, 0.717) is 18.3 Å². The second kappa shape index (κ2) is 10.2. The van der Waals surface area contributed by atoms with E-state index in [1.807, 2.05) is 60.0 Å². The SMILES string of the molecule is CCC(C)Sc1ccc(NC(=O)N2CCC(C(O)c3ccccc3)CC2)c(C)c1. The summed E-state index contributed by atoms with van der Waals surface area (Å²) in [5.74, 6) is 0.194. The number of aliphatic hydroxyl groups excluding tert-OH is 1. The molecule has 2 atom stereocenters. The summed E-state index contributed by atoms with van der Waals surface area (Å²) in [7, 11) is 0. The first kappa shape index (κ1) is 21.7. The minimum Gasteiger partial charge on any atom is -0.388 e. The zero-order chi connectivity index (χ0) is 20.8. The van der Waals surface area contributed by atoms with Gasteiger partial charge < -0.3 is 15.3 Å². The molecule has 0 bridgehead atoms. The average molecular weight is 413 g/mol. The Morgan fingerprint density at radius 3 is 2.52 bits per heavy atom. The summed E-state index contributed by atoms with van der Waals surface area (Å²) in [4.78, 5) is 15.8. The van der Waals surface area contributed by atoms with Gasteiger partial charge in [-0.05, 0) is 61.4 Å². The molecule has 1 saturated heterocycles. The van der Waals surface area contributed by atoms with E-state index in [1.54, 1.807) is 0 Å². The van der Waals surface area contributed by atoms with E-state index in [0.717, 1.165) is 36.1 Å². The van der Waals surface area contributed by atoms with Gasteiger partial charge in [0.15, 0.2) is 0 Å². The summed E-state index contributed by atoms with van der Waals surface area (Å²) in [5, 5.41) is 14.3. The predicted molar refractivity (Wildman–Crippen MR) is 122 cm³/mol. The van der Waals surface area contributed by atoms with Crippen molar-refractivity contribution in [3.05, 3.63) is 59.7 Å². The van der Waals surface area contributed by atoms with Crippen LogP contribution in [-0.2, 0) is 0 Å². The van der Waals surface area contributed by atoms with Crippen LogP contribution in [0.3, 0.4) is 0 Å². The highest BCUT2D eigenvalue weighted by molar-refractivity contribution is 7.99. The van der Waals surface area contributed by atoms with E-state index < -0.39 is 6.10 Å². The van der Waals surface area contributed by atoms with Gasteiger partial charge in [-0.25, -0.2) is 4.79 Å². The van der Waals surface area contributed by atoms with Crippen molar-refractivity contribution < 1.29 is 9.90 Å². The zero-order valence-corrected chi connectivity index (χ0v) is 18.4. The molecule has 0 saturated carbocycles. The number of benzene rings is 2. The third-order valence-corrected chi connectivity index (χ3v) is 7.03. The summed E-state index contributed by atoms with van der Waals surface area (Å²) >= 11 is 1.87. The molecule has 156 valence electrons. The lowest BCUT2D eigenvalue weighted by Gasteiger charge is -2.34. The molecule has 2 aromatic carbocycles. The molecule has 1 aliphatic heterocycles. The Balaban J connectivity index is 1.53. The number of amides is 2. The predicted octanol–water partition coefficient (Wildman–Crippen LogP) is 5.86. The molecule has 1 fully saturated rings. The number of urea groups is 1. The summed E-state index contributed by atoms with van der Waals surface area (Å²) in [6, 6.07) is 16.0. The molecule has 4 nitrogen and oxygen atoms in total. The first-order valence-electron chi connectivity index (χ1n) is 10.5. The number of carbonyl (C=O) groups is 1. The topological polar surface area (TPSA) is 52.6 Å². The maximum Gasteiger partial charge on any atom is 0.321 e. The van der Waals surface area contributed by atoms with Crippen LogP contribution in [0, 0.1) is 12.8 Å². The fourth-order valence-corrected chi connectivity index (χ4v) is 4.72. The lowest BCUT2D eigenvalue weighted by molar-refractivity contribution is 0.0683. The number of nitrogens with zero attached hydrogens (tertiary/aromatic N) is 1. The van der Waals surface area contributed by atoms with Crippen LogP contribution in [0.4, 0.5) is 10.5 Å². The molecule has 1 heterocycles. The van der Waals surface area contributed by atoms with E-state index in [1.165, 1.54) is 4.90 Å². The molecular formula is C24H32N2O2S. The number of aryl methyl sites for hydroxylation is 1. The Morgan fingerprint density at radius 1 is 1.21 bits per heavy atom. The van der Waals surface area contributed by atoms with Gasteiger partial charge >= 0.3 is 6.03 Å². The lowest BCUT2D eigenvalue weighted by atomic mass is 9.87. The molecule has 2 amide bonds. The Bertz CT molecular complexity index is 804. The summed E-state index contributed by atoms with van der Waals surface area (Å²) < 4.78 is 0. The summed E-state index contributed by atoms with van der Waals surface area (Å²) in [6.07, 6.45) is 2.30. The van der Waals surface area contributed by atoms with E-state index >= 15 is 0 Å². The van der Waals surface area contributed by atoms with Crippen LogP contribution in [0.1, 0.15) is 50.3 Å². The monoisotopic (exact) mass is 412 g/mol. The van der Waals surface area contributed by atoms with Crippen LogP contribution in [0.25, 0.3) is 0 Å². The minimum absolute atomic E-state index is 0.0527. The highest BCUT2D eigenvalue weighted by Gasteiger charge is 2.28. The largest absolute Gasteiger partial charge is 0.388 e. The third-order valence-electron chi connectivity index (χ3n) is 5.77. The lowest BCUT2D eigenvalue weighted by Crippen LogP contribution is -2.42. The first-order valence-corrected chi connectivity index (χ1v) is 11.4. The number of carbonyl (C=O) groups excluding carboxylic acids is 1. The van der Waals surface area contributed by atoms with Gasteiger partial charge in [0.1, 0.15) is 0 Å². The number of piperidine rings is 1. The van der Waals surface area contributed by atoms with Gasteiger partial charge in [0.25, 0.3) is 0 Å². The Kier molecular flexibility index (Phi) is 7.62. The number of hydrogen-bond donors (Lipinski definition) is 2. The molecule has 0 aromatic heterocycles. The van der Waals surface area contributed by atoms with Crippen LogP contribution in [0.2, 0.25) is 0 Å². The van der Waals surface area contributed by atoms with Gasteiger partial charge in [0.05, 0.1) is 6.10 Å². The maximum atomic E-state index is 12.7. The van der Waals surface area contributed by atoms with Crippen LogP contribution < -0.4 is 5.32 Å². The van der Waals surface area contributed by atoms with Crippen molar-refractivity contribution in [3.63, 3.8) is 0 Å². The number of aliphatic hydroxyl groups is 1. The van der Waals surface area contributed by atoms with Gasteiger partial charge in [0.2, 0.25) is 0 Å². The third kappa shape index (κ3) is 5.77. The number of hydrogen-bond acceptors (Lipinski definition) is 3. The molecule has 0 aliphatic carbocycles. The number of likely N-dealkylation sites (tertiary alicyclic amines) is 1. The van der Waals surface area contributed by atoms with Crippen LogP contribution >= 0.6 is 11.8 Å². The Morgan fingerprint density at radius 2 is 1.90 bits per heavy atom. The van der Waals surface area contributed by atoms with Gasteiger partial charge in [-0.2, -0.15) is 0 Å². The van der Waals surface area contributed by atoms with Gasteiger partial charge in [0, 0.05) is 28.9 Å². The molecule has 2 unspecified atom stereocenters. The van der Waals surface area contributed by atoms with Crippen molar-refractivity contribution in [1.29, 1.82) is 0 Å². The average Bonchev–Trinajstić information content (AvgIpc) is 2.75. The first-order chi connectivity index (χ1) is 14.0. The standard InChI is InChI=1S/C24H32N2O2S/c1-4-18(3)29-21-10-11-22(17(2)16-21)25-24(28)26-14-12-20(13-15-26)23(27)19-8-6-5-7-9-19/h5-11,16,18,20,23,27H,4,12-15H2,1-3H3,(H,25,28). The summed E-state index contributed by atoms with van der Waals surface area (Å²) in [5.41, 5.74) is 2.91. The fourth-order valence-electron chi connectivity index (χ4n) is 3.70. The molecule has 2 N–H and O–H groups in total. The van der Waals surface area contributed by atoms with Gasteiger partial charge in [-0.15, -0.1) is 11.8 Å². The molecule has 2 aromatic rings. The Labute approximate surface area is 178 Å². The number of thioether (sulfide) groups is 1. The van der Waals surface area contributed by atoms with Crippen molar-refractivity contribution in [2.45, 2.75) is 56.3 Å². The highest BCUT2D eigenvalue weighted by Crippen LogP contribution is 2.31. The molecule has 29 heavy (non-hydrogen) atoms.